The van der Waals surface area contributed by atoms with Crippen molar-refractivity contribution in [3.8, 4) is 11.3 Å². The van der Waals surface area contributed by atoms with Gasteiger partial charge in [-0.1, -0.05) is 12.1 Å². The zero-order valence-electron chi connectivity index (χ0n) is 12.5. The second kappa shape index (κ2) is 7.18. The fourth-order valence-corrected chi connectivity index (χ4v) is 2.50. The minimum atomic E-state index is -1.50. The fraction of sp³-hybridized carbons (Fsp3) is 0. The molecule has 1 aromatic heterocycles. The first-order valence-electron chi connectivity index (χ1n) is 7.02. The van der Waals surface area contributed by atoms with Crippen molar-refractivity contribution in [2.75, 3.05) is 10.8 Å². The smallest absolute Gasteiger partial charge is 0.227 e. The van der Waals surface area contributed by atoms with Crippen LogP contribution >= 0.6 is 0 Å². The summed E-state index contributed by atoms with van der Waals surface area (Å²) >= 11 is 0. The standard InChI is InChI=1S/C16H15N5O2S/c17-24(23)14-7-5-12(6-8-14)19-16-18-10-9-15(20-16)11-1-3-13(21-22)4-2-11/h1-10,21-22H,17H2,(H,18,19,20). The molecule has 0 saturated carbocycles. The summed E-state index contributed by atoms with van der Waals surface area (Å²) in [7, 11) is -1.50. The third-order valence-corrected chi connectivity index (χ3v) is 4.04. The van der Waals surface area contributed by atoms with Gasteiger partial charge in [0.2, 0.25) is 5.95 Å². The lowest BCUT2D eigenvalue weighted by atomic mass is 10.1. The van der Waals surface area contributed by atoms with Crippen LogP contribution in [0.3, 0.4) is 0 Å². The molecular formula is C16H15N5O2S. The number of hydrogen-bond donors (Lipinski definition) is 4. The highest BCUT2D eigenvalue weighted by molar-refractivity contribution is 7.82. The van der Waals surface area contributed by atoms with E-state index in [1.807, 2.05) is 12.1 Å². The van der Waals surface area contributed by atoms with E-state index >= 15 is 0 Å². The van der Waals surface area contributed by atoms with Crippen molar-refractivity contribution in [1.29, 1.82) is 0 Å². The van der Waals surface area contributed by atoms with Gasteiger partial charge in [0, 0.05) is 17.4 Å². The number of hydrogen-bond acceptors (Lipinski definition) is 6. The van der Waals surface area contributed by atoms with Crippen molar-refractivity contribution in [1.82, 2.24) is 9.97 Å². The summed E-state index contributed by atoms with van der Waals surface area (Å²) in [6.45, 7) is 0. The molecule has 5 N–H and O–H groups in total. The third kappa shape index (κ3) is 3.74. The Morgan fingerprint density at radius 3 is 2.25 bits per heavy atom. The van der Waals surface area contributed by atoms with Gasteiger partial charge in [-0.25, -0.2) is 19.3 Å². The van der Waals surface area contributed by atoms with Crippen LogP contribution in [-0.4, -0.2) is 19.4 Å². The molecule has 0 amide bonds. The molecule has 3 rings (SSSR count). The van der Waals surface area contributed by atoms with Crippen LogP contribution in [-0.2, 0) is 11.0 Å². The van der Waals surface area contributed by atoms with Crippen LogP contribution in [0.2, 0.25) is 0 Å². The zero-order valence-corrected chi connectivity index (χ0v) is 13.3. The quantitative estimate of drug-likeness (QED) is 0.531. The molecule has 1 atom stereocenters. The highest BCUT2D eigenvalue weighted by atomic mass is 32.2. The first-order chi connectivity index (χ1) is 11.7. The normalized spacial score (nSPS) is 11.8. The maximum atomic E-state index is 11.2. The molecule has 0 bridgehead atoms. The van der Waals surface area contributed by atoms with E-state index in [0.29, 0.717) is 16.5 Å². The lowest BCUT2D eigenvalue weighted by Gasteiger charge is -2.07. The van der Waals surface area contributed by atoms with E-state index in [4.69, 9.17) is 10.3 Å². The highest BCUT2D eigenvalue weighted by Crippen LogP contribution is 2.21. The molecule has 0 spiro atoms. The van der Waals surface area contributed by atoms with Crippen LogP contribution in [0.25, 0.3) is 11.3 Å². The maximum absolute atomic E-state index is 11.2. The van der Waals surface area contributed by atoms with Crippen molar-refractivity contribution in [3.05, 3.63) is 60.8 Å². The van der Waals surface area contributed by atoms with E-state index in [2.05, 4.69) is 20.8 Å². The number of benzene rings is 2. The van der Waals surface area contributed by atoms with Gasteiger partial charge in [-0.05, 0) is 42.5 Å². The van der Waals surface area contributed by atoms with Crippen molar-refractivity contribution in [2.24, 2.45) is 5.14 Å². The molecule has 122 valence electrons. The molecule has 3 aromatic rings. The number of anilines is 3. The zero-order chi connectivity index (χ0) is 16.9. The molecule has 1 heterocycles. The van der Waals surface area contributed by atoms with E-state index in [9.17, 15) is 4.21 Å². The van der Waals surface area contributed by atoms with Crippen LogP contribution in [0.4, 0.5) is 17.3 Å². The van der Waals surface area contributed by atoms with Gasteiger partial charge in [-0.3, -0.25) is 10.7 Å². The SMILES string of the molecule is NS(=O)c1ccc(Nc2nccc(-c3ccc(NO)cc3)n2)cc1. The van der Waals surface area contributed by atoms with E-state index in [1.54, 1.807) is 48.7 Å². The Hall–Kier alpha value is -2.81. The number of nitrogens with zero attached hydrogens (tertiary/aromatic N) is 2. The van der Waals surface area contributed by atoms with Gasteiger partial charge < -0.3 is 5.32 Å². The van der Waals surface area contributed by atoms with E-state index in [0.717, 1.165) is 16.9 Å². The second-order valence-electron chi connectivity index (χ2n) is 4.90. The molecule has 0 aliphatic heterocycles. The minimum Gasteiger partial charge on any atom is -0.324 e. The van der Waals surface area contributed by atoms with Gasteiger partial charge in [0.25, 0.3) is 0 Å². The molecule has 7 nitrogen and oxygen atoms in total. The Bertz CT molecular complexity index is 853. The summed E-state index contributed by atoms with van der Waals surface area (Å²) in [6, 6.07) is 15.9. The van der Waals surface area contributed by atoms with E-state index < -0.39 is 11.0 Å². The molecule has 0 fully saturated rings. The average Bonchev–Trinajstić information content (AvgIpc) is 2.62. The minimum absolute atomic E-state index is 0.443. The Labute approximate surface area is 141 Å². The predicted molar refractivity (Wildman–Crippen MR) is 93.2 cm³/mol. The molecule has 1 unspecified atom stereocenters. The largest absolute Gasteiger partial charge is 0.324 e. The summed E-state index contributed by atoms with van der Waals surface area (Å²) in [5.41, 5.74) is 5.10. The van der Waals surface area contributed by atoms with Crippen molar-refractivity contribution in [3.63, 3.8) is 0 Å². The van der Waals surface area contributed by atoms with E-state index in [-0.39, 0.29) is 0 Å². The summed E-state index contributed by atoms with van der Waals surface area (Å²) < 4.78 is 11.2. The predicted octanol–water partition coefficient (Wildman–Crippen LogP) is 2.67. The lowest BCUT2D eigenvalue weighted by molar-refractivity contribution is 0.389. The van der Waals surface area contributed by atoms with Crippen molar-refractivity contribution < 1.29 is 9.42 Å². The molecule has 0 saturated heterocycles. The summed E-state index contributed by atoms with van der Waals surface area (Å²) in [5.74, 6) is 0.443. The summed E-state index contributed by atoms with van der Waals surface area (Å²) in [4.78, 5) is 9.20. The van der Waals surface area contributed by atoms with Gasteiger partial charge in [0.1, 0.15) is 11.0 Å². The highest BCUT2D eigenvalue weighted by Gasteiger charge is 2.04. The Kier molecular flexibility index (Phi) is 4.80. The fourth-order valence-electron chi connectivity index (χ4n) is 2.10. The average molecular weight is 341 g/mol. The molecule has 2 aromatic carbocycles. The van der Waals surface area contributed by atoms with Crippen LogP contribution in [0.15, 0.2) is 65.7 Å². The van der Waals surface area contributed by atoms with Crippen LogP contribution in [0, 0.1) is 0 Å². The van der Waals surface area contributed by atoms with Gasteiger partial charge in [-0.2, -0.15) is 0 Å². The molecule has 0 aliphatic carbocycles. The third-order valence-electron chi connectivity index (χ3n) is 3.31. The topological polar surface area (TPSA) is 113 Å². The number of nitrogens with one attached hydrogen (secondary N) is 2. The number of aromatic nitrogens is 2. The van der Waals surface area contributed by atoms with Gasteiger partial charge in [-0.15, -0.1) is 0 Å². The number of nitrogens with two attached hydrogens (primary N) is 1. The molecule has 8 heteroatoms. The summed E-state index contributed by atoms with van der Waals surface area (Å²) in [5, 5.41) is 17.3. The first kappa shape index (κ1) is 16.1. The van der Waals surface area contributed by atoms with Gasteiger partial charge >= 0.3 is 0 Å². The Morgan fingerprint density at radius 2 is 1.62 bits per heavy atom. The maximum Gasteiger partial charge on any atom is 0.227 e. The molecule has 0 radical (unpaired) electrons. The van der Waals surface area contributed by atoms with Crippen molar-refractivity contribution in [2.45, 2.75) is 4.90 Å². The van der Waals surface area contributed by atoms with Crippen LogP contribution < -0.4 is 15.9 Å². The monoisotopic (exact) mass is 341 g/mol. The second-order valence-corrected chi connectivity index (χ2v) is 5.97. The summed E-state index contributed by atoms with van der Waals surface area (Å²) in [6.07, 6.45) is 1.66. The molecule has 24 heavy (non-hydrogen) atoms. The van der Waals surface area contributed by atoms with Gasteiger partial charge in [0.15, 0.2) is 0 Å². The molecule has 0 aliphatic rings. The first-order valence-corrected chi connectivity index (χ1v) is 8.24. The van der Waals surface area contributed by atoms with Crippen molar-refractivity contribution >= 4 is 28.3 Å². The Balaban J connectivity index is 1.80. The lowest BCUT2D eigenvalue weighted by Crippen LogP contribution is -2.03. The Morgan fingerprint density at radius 1 is 0.958 bits per heavy atom. The van der Waals surface area contributed by atoms with Crippen LogP contribution in [0.5, 0.6) is 0 Å². The van der Waals surface area contributed by atoms with Gasteiger partial charge in [0.05, 0.1) is 16.3 Å². The van der Waals surface area contributed by atoms with Crippen LogP contribution in [0.1, 0.15) is 0 Å². The van der Waals surface area contributed by atoms with E-state index in [1.165, 1.54) is 0 Å². The molecular weight excluding hydrogens is 326 g/mol. The number of rotatable bonds is 5.